The molecular formula is C18H14F2N2O3S. The molecule has 3 N–H and O–H groups in total. The molecule has 134 valence electrons. The predicted molar refractivity (Wildman–Crippen MR) is 93.4 cm³/mol. The number of halogens is 2. The second-order valence-corrected chi connectivity index (χ2v) is 7.27. The molecule has 1 aliphatic heterocycles. The van der Waals surface area contributed by atoms with Crippen molar-refractivity contribution in [1.29, 1.82) is 0 Å². The molecule has 2 aromatic carbocycles. The molecule has 0 aromatic heterocycles. The van der Waals surface area contributed by atoms with Crippen LogP contribution in [-0.2, 0) is 10.2 Å². The van der Waals surface area contributed by atoms with E-state index in [-0.39, 0.29) is 16.4 Å². The molecule has 0 bridgehead atoms. The number of carboxylic acids is 1. The van der Waals surface area contributed by atoms with Crippen molar-refractivity contribution in [2.75, 3.05) is 10.0 Å². The summed E-state index contributed by atoms with van der Waals surface area (Å²) in [6.45, 7) is 0. The Hall–Kier alpha value is -2.61. The third-order valence-corrected chi connectivity index (χ3v) is 5.83. The van der Waals surface area contributed by atoms with Crippen molar-refractivity contribution in [1.82, 2.24) is 0 Å². The molecule has 5 nitrogen and oxygen atoms in total. The average Bonchev–Trinajstić information content (AvgIpc) is 2.84. The van der Waals surface area contributed by atoms with Gasteiger partial charge in [0.1, 0.15) is 11.6 Å². The molecule has 0 unspecified atom stereocenters. The zero-order valence-electron chi connectivity index (χ0n) is 13.4. The molecule has 1 spiro atoms. The Morgan fingerprint density at radius 1 is 1.23 bits per heavy atom. The van der Waals surface area contributed by atoms with Crippen LogP contribution in [0.15, 0.2) is 35.2 Å². The maximum Gasteiger partial charge on any atom is 0.337 e. The van der Waals surface area contributed by atoms with Crippen molar-refractivity contribution in [3.8, 4) is 0 Å². The van der Waals surface area contributed by atoms with Crippen molar-refractivity contribution >= 4 is 35.2 Å². The van der Waals surface area contributed by atoms with Gasteiger partial charge in [0, 0.05) is 11.8 Å². The fraction of sp³-hybridized carbons (Fsp3) is 0.222. The van der Waals surface area contributed by atoms with E-state index in [1.807, 2.05) is 0 Å². The Morgan fingerprint density at radius 3 is 2.62 bits per heavy atom. The van der Waals surface area contributed by atoms with Crippen LogP contribution in [0.5, 0.6) is 0 Å². The standard InChI is InChI=1S/C18H14F2N2O3S/c19-9-2-3-14(13(20)6-9)26-22-10-7-11(16(23)24)15-12(8-10)18(4-1-5-18)17(25)21-15/h2-3,6-8,22H,1,4-5H2,(H,21,25)(H,23,24). The maximum absolute atomic E-state index is 13.8. The van der Waals surface area contributed by atoms with Gasteiger partial charge in [0.2, 0.25) is 5.91 Å². The van der Waals surface area contributed by atoms with Crippen LogP contribution < -0.4 is 10.0 Å². The number of hydrogen-bond donors (Lipinski definition) is 3. The highest BCUT2D eigenvalue weighted by atomic mass is 32.2. The number of fused-ring (bicyclic) bond motifs is 2. The lowest BCUT2D eigenvalue weighted by atomic mass is 9.65. The van der Waals surface area contributed by atoms with Gasteiger partial charge >= 0.3 is 5.97 Å². The van der Waals surface area contributed by atoms with E-state index in [0.717, 1.165) is 30.5 Å². The van der Waals surface area contributed by atoms with Gasteiger partial charge < -0.3 is 15.1 Å². The molecule has 1 fully saturated rings. The molecule has 8 heteroatoms. The van der Waals surface area contributed by atoms with E-state index < -0.39 is 23.0 Å². The summed E-state index contributed by atoms with van der Waals surface area (Å²) >= 11 is 0.911. The first kappa shape index (κ1) is 16.8. The summed E-state index contributed by atoms with van der Waals surface area (Å²) in [6, 6.07) is 6.35. The number of carboxylic acid groups (broad SMARTS) is 1. The first-order valence-corrected chi connectivity index (χ1v) is 8.83. The lowest BCUT2D eigenvalue weighted by Crippen LogP contribution is -2.40. The van der Waals surface area contributed by atoms with Crippen molar-refractivity contribution < 1.29 is 23.5 Å². The Balaban J connectivity index is 1.68. The zero-order chi connectivity index (χ0) is 18.5. The Bertz CT molecular complexity index is 944. The van der Waals surface area contributed by atoms with Crippen LogP contribution in [-0.4, -0.2) is 17.0 Å². The van der Waals surface area contributed by atoms with Gasteiger partial charge in [-0.15, -0.1) is 0 Å². The molecule has 1 heterocycles. The normalized spacial score (nSPS) is 16.8. The molecule has 1 saturated carbocycles. The fourth-order valence-corrected chi connectivity index (χ4v) is 4.07. The van der Waals surface area contributed by atoms with Gasteiger partial charge in [0.05, 0.1) is 21.6 Å². The molecule has 1 amide bonds. The molecule has 2 aliphatic rings. The molecule has 26 heavy (non-hydrogen) atoms. The summed E-state index contributed by atoms with van der Waals surface area (Å²) in [5.74, 6) is -2.71. The topological polar surface area (TPSA) is 78.4 Å². The number of hydrogen-bond acceptors (Lipinski definition) is 4. The van der Waals surface area contributed by atoms with E-state index in [2.05, 4.69) is 10.0 Å². The number of nitrogens with one attached hydrogen (secondary N) is 2. The predicted octanol–water partition coefficient (Wildman–Crippen LogP) is 4.16. The van der Waals surface area contributed by atoms with E-state index in [4.69, 9.17) is 0 Å². The van der Waals surface area contributed by atoms with Gasteiger partial charge in [-0.05, 0) is 54.6 Å². The lowest BCUT2D eigenvalue weighted by Gasteiger charge is -2.36. The van der Waals surface area contributed by atoms with E-state index in [1.54, 1.807) is 6.07 Å². The number of carbonyl (C=O) groups excluding carboxylic acids is 1. The molecule has 1 aliphatic carbocycles. The second-order valence-electron chi connectivity index (χ2n) is 6.42. The van der Waals surface area contributed by atoms with Gasteiger partial charge in [0.25, 0.3) is 0 Å². The third kappa shape index (κ3) is 2.52. The number of amides is 1. The minimum atomic E-state index is -1.15. The number of carbonyl (C=O) groups is 2. The quantitative estimate of drug-likeness (QED) is 0.699. The third-order valence-electron chi connectivity index (χ3n) is 4.94. The van der Waals surface area contributed by atoms with Gasteiger partial charge in [-0.25, -0.2) is 13.6 Å². The number of rotatable bonds is 4. The summed E-state index contributed by atoms with van der Waals surface area (Å²) in [4.78, 5) is 24.2. The van der Waals surface area contributed by atoms with Crippen molar-refractivity contribution in [2.45, 2.75) is 29.6 Å². The molecule has 0 radical (unpaired) electrons. The highest BCUT2D eigenvalue weighted by Gasteiger charge is 2.52. The van der Waals surface area contributed by atoms with Crippen molar-refractivity contribution in [2.24, 2.45) is 0 Å². The van der Waals surface area contributed by atoms with E-state index >= 15 is 0 Å². The van der Waals surface area contributed by atoms with Gasteiger partial charge in [0.15, 0.2) is 0 Å². The van der Waals surface area contributed by atoms with Crippen LogP contribution in [0.3, 0.4) is 0 Å². The average molecular weight is 376 g/mol. The fourth-order valence-electron chi connectivity index (χ4n) is 3.44. The number of anilines is 2. The highest BCUT2D eigenvalue weighted by molar-refractivity contribution is 8.00. The summed E-state index contributed by atoms with van der Waals surface area (Å²) < 4.78 is 29.7. The van der Waals surface area contributed by atoms with Crippen LogP contribution in [0, 0.1) is 11.6 Å². The first-order valence-electron chi connectivity index (χ1n) is 8.02. The summed E-state index contributed by atoms with van der Waals surface area (Å²) in [7, 11) is 0. The lowest BCUT2D eigenvalue weighted by molar-refractivity contribution is -0.123. The van der Waals surface area contributed by atoms with Gasteiger partial charge in [-0.2, -0.15) is 0 Å². The van der Waals surface area contributed by atoms with Crippen LogP contribution in [0.4, 0.5) is 20.2 Å². The molecule has 4 rings (SSSR count). The largest absolute Gasteiger partial charge is 0.478 e. The number of aromatic carboxylic acids is 1. The molecule has 0 saturated heterocycles. The highest BCUT2D eigenvalue weighted by Crippen LogP contribution is 2.52. The van der Waals surface area contributed by atoms with Gasteiger partial charge in [-0.1, -0.05) is 6.42 Å². The van der Waals surface area contributed by atoms with Crippen LogP contribution in [0.2, 0.25) is 0 Å². The minimum absolute atomic E-state index is 0.0118. The van der Waals surface area contributed by atoms with Crippen LogP contribution >= 0.6 is 11.9 Å². The summed E-state index contributed by atoms with van der Waals surface area (Å²) in [6.07, 6.45) is 2.25. The molecular weight excluding hydrogens is 362 g/mol. The smallest absolute Gasteiger partial charge is 0.337 e. The van der Waals surface area contributed by atoms with Crippen molar-refractivity contribution in [3.05, 3.63) is 53.1 Å². The second kappa shape index (κ2) is 5.98. The van der Waals surface area contributed by atoms with E-state index in [0.29, 0.717) is 29.8 Å². The Kier molecular flexibility index (Phi) is 3.87. The minimum Gasteiger partial charge on any atom is -0.478 e. The Labute approximate surface area is 151 Å². The monoisotopic (exact) mass is 376 g/mol. The van der Waals surface area contributed by atoms with Crippen LogP contribution in [0.25, 0.3) is 0 Å². The van der Waals surface area contributed by atoms with Crippen LogP contribution in [0.1, 0.15) is 35.2 Å². The van der Waals surface area contributed by atoms with Crippen molar-refractivity contribution in [3.63, 3.8) is 0 Å². The summed E-state index contributed by atoms with van der Waals surface area (Å²) in [5.41, 5.74) is 0.769. The molecule has 0 atom stereocenters. The Morgan fingerprint density at radius 2 is 2.00 bits per heavy atom. The molecule has 2 aromatic rings. The summed E-state index contributed by atoms with van der Waals surface area (Å²) in [5, 5.41) is 12.2. The SMILES string of the molecule is O=C(O)c1cc(NSc2ccc(F)cc2F)cc2c1NC(=O)C21CCC1. The van der Waals surface area contributed by atoms with Gasteiger partial charge in [-0.3, -0.25) is 4.79 Å². The zero-order valence-corrected chi connectivity index (χ0v) is 14.3. The first-order chi connectivity index (χ1) is 12.4. The van der Waals surface area contributed by atoms with E-state index in [9.17, 15) is 23.5 Å². The van der Waals surface area contributed by atoms with E-state index in [1.165, 1.54) is 12.1 Å². The number of benzene rings is 2. The maximum atomic E-state index is 13.8.